The lowest BCUT2D eigenvalue weighted by atomic mass is 9.97. The second-order valence-electron chi connectivity index (χ2n) is 6.55. The molecule has 2 rings (SSSR count). The van der Waals surface area contributed by atoms with E-state index in [9.17, 15) is 0 Å². The molecule has 106 valence electrons. The average molecular weight is 254 g/mol. The minimum absolute atomic E-state index is 0.302. The van der Waals surface area contributed by atoms with Gasteiger partial charge in [-0.1, -0.05) is 13.8 Å². The van der Waals surface area contributed by atoms with Crippen LogP contribution in [0.5, 0.6) is 0 Å². The second-order valence-corrected chi connectivity index (χ2v) is 6.55. The Bertz CT molecular complexity index is 233. The Hall–Kier alpha value is -0.120. The van der Waals surface area contributed by atoms with Crippen LogP contribution in [-0.2, 0) is 0 Å². The minimum atomic E-state index is 0.302. The van der Waals surface area contributed by atoms with Crippen molar-refractivity contribution in [1.29, 1.82) is 0 Å². The van der Waals surface area contributed by atoms with Gasteiger partial charge in [-0.05, 0) is 57.0 Å². The van der Waals surface area contributed by atoms with Crippen LogP contribution in [0, 0.1) is 11.8 Å². The number of nitrogens with zero attached hydrogens (tertiary/aromatic N) is 1. The van der Waals surface area contributed by atoms with Crippen LogP contribution in [0.25, 0.3) is 0 Å². The lowest BCUT2D eigenvalue weighted by molar-refractivity contribution is 0.168. The summed E-state index contributed by atoms with van der Waals surface area (Å²) in [5.74, 6) is 1.63. The van der Waals surface area contributed by atoms with Gasteiger partial charge in [0.05, 0.1) is 0 Å². The molecule has 0 amide bonds. The van der Waals surface area contributed by atoms with Gasteiger partial charge in [-0.15, -0.1) is 0 Å². The summed E-state index contributed by atoms with van der Waals surface area (Å²) < 4.78 is 0. The summed E-state index contributed by atoms with van der Waals surface area (Å²) >= 11 is 0. The van der Waals surface area contributed by atoms with Crippen molar-refractivity contribution in [3.05, 3.63) is 0 Å². The molecule has 1 aliphatic heterocycles. The van der Waals surface area contributed by atoms with Crippen molar-refractivity contribution in [2.24, 2.45) is 11.8 Å². The van der Waals surface area contributed by atoms with Gasteiger partial charge in [0.2, 0.25) is 0 Å². The first-order valence-electron chi connectivity index (χ1n) is 7.78. The van der Waals surface area contributed by atoms with Gasteiger partial charge in [0.25, 0.3) is 0 Å². The molecule has 0 radical (unpaired) electrons. The van der Waals surface area contributed by atoms with E-state index < -0.39 is 0 Å². The van der Waals surface area contributed by atoms with Crippen molar-refractivity contribution in [2.75, 3.05) is 26.2 Å². The van der Waals surface area contributed by atoms with E-state index in [1.54, 1.807) is 0 Å². The first-order chi connectivity index (χ1) is 8.69. The highest BCUT2D eigenvalue weighted by Gasteiger charge is 2.27. The van der Waals surface area contributed by atoms with Crippen molar-refractivity contribution in [3.8, 4) is 0 Å². The van der Waals surface area contributed by atoms with E-state index in [4.69, 9.17) is 5.11 Å². The normalized spacial score (nSPS) is 24.7. The summed E-state index contributed by atoms with van der Waals surface area (Å²) in [5, 5.41) is 12.9. The van der Waals surface area contributed by atoms with Crippen LogP contribution in [0.4, 0.5) is 0 Å². The lowest BCUT2D eigenvalue weighted by Crippen LogP contribution is -2.48. The van der Waals surface area contributed by atoms with E-state index in [1.165, 1.54) is 45.3 Å². The monoisotopic (exact) mass is 254 g/mol. The maximum atomic E-state index is 9.11. The van der Waals surface area contributed by atoms with E-state index in [2.05, 4.69) is 24.1 Å². The highest BCUT2D eigenvalue weighted by Crippen LogP contribution is 2.30. The average Bonchev–Trinajstić information content (AvgIpc) is 3.15. The summed E-state index contributed by atoms with van der Waals surface area (Å²) in [5.41, 5.74) is 0. The van der Waals surface area contributed by atoms with Crippen LogP contribution >= 0.6 is 0 Å². The van der Waals surface area contributed by atoms with Gasteiger partial charge in [0.1, 0.15) is 0 Å². The van der Waals surface area contributed by atoms with Crippen LogP contribution in [0.1, 0.15) is 46.0 Å². The Morgan fingerprint density at radius 2 is 1.83 bits per heavy atom. The fourth-order valence-corrected chi connectivity index (χ4v) is 3.00. The minimum Gasteiger partial charge on any atom is -0.396 e. The number of piperidine rings is 1. The number of aliphatic hydroxyl groups is 1. The summed E-state index contributed by atoms with van der Waals surface area (Å²) in [7, 11) is 0. The summed E-state index contributed by atoms with van der Waals surface area (Å²) in [6.45, 7) is 8.66. The fourth-order valence-electron chi connectivity index (χ4n) is 3.00. The summed E-state index contributed by atoms with van der Waals surface area (Å²) in [6.07, 6.45) is 6.37. The number of nitrogens with one attached hydrogen (secondary N) is 1. The summed E-state index contributed by atoms with van der Waals surface area (Å²) in [6, 6.07) is 1.15. The highest BCUT2D eigenvalue weighted by atomic mass is 16.3. The number of hydrogen-bond acceptors (Lipinski definition) is 3. The van der Waals surface area contributed by atoms with Gasteiger partial charge >= 0.3 is 0 Å². The Balaban J connectivity index is 1.67. The number of aliphatic hydroxyl groups excluding tert-OH is 1. The van der Waals surface area contributed by atoms with Crippen LogP contribution < -0.4 is 5.32 Å². The predicted octanol–water partition coefficient (Wildman–Crippen LogP) is 1.86. The van der Waals surface area contributed by atoms with E-state index >= 15 is 0 Å². The molecule has 0 aromatic rings. The Morgan fingerprint density at radius 1 is 1.17 bits per heavy atom. The van der Waals surface area contributed by atoms with Crippen molar-refractivity contribution in [2.45, 2.75) is 58.0 Å². The van der Waals surface area contributed by atoms with Crippen molar-refractivity contribution < 1.29 is 5.11 Å². The smallest absolute Gasteiger partial charge is 0.0445 e. The zero-order valence-corrected chi connectivity index (χ0v) is 12.1. The Labute approximate surface area is 112 Å². The zero-order chi connectivity index (χ0) is 13.0. The van der Waals surface area contributed by atoms with E-state index in [1.807, 2.05) is 0 Å². The molecule has 1 saturated carbocycles. The van der Waals surface area contributed by atoms with Gasteiger partial charge in [-0.3, -0.25) is 0 Å². The molecule has 3 nitrogen and oxygen atoms in total. The number of likely N-dealkylation sites (tertiary alicyclic amines) is 1. The van der Waals surface area contributed by atoms with Crippen LogP contribution in [0.2, 0.25) is 0 Å². The Morgan fingerprint density at radius 3 is 2.33 bits per heavy atom. The van der Waals surface area contributed by atoms with E-state index in [-0.39, 0.29) is 0 Å². The first-order valence-corrected chi connectivity index (χ1v) is 7.78. The SMILES string of the molecule is CC(C)C(CCO)NC1CCN(CC2CC2)CC1. The molecule has 0 spiro atoms. The fraction of sp³-hybridized carbons (Fsp3) is 1.00. The van der Waals surface area contributed by atoms with Crippen molar-refractivity contribution in [1.82, 2.24) is 10.2 Å². The molecule has 1 atom stereocenters. The van der Waals surface area contributed by atoms with Gasteiger partial charge in [-0.2, -0.15) is 0 Å². The summed E-state index contributed by atoms with van der Waals surface area (Å²) in [4.78, 5) is 2.65. The zero-order valence-electron chi connectivity index (χ0n) is 12.1. The third kappa shape index (κ3) is 4.52. The van der Waals surface area contributed by atoms with E-state index in [0.29, 0.717) is 24.6 Å². The molecule has 0 bridgehead atoms. The van der Waals surface area contributed by atoms with Gasteiger partial charge < -0.3 is 15.3 Å². The maximum absolute atomic E-state index is 9.11. The molecule has 0 aromatic carbocycles. The molecule has 2 aliphatic rings. The topological polar surface area (TPSA) is 35.5 Å². The molecular weight excluding hydrogens is 224 g/mol. The largest absolute Gasteiger partial charge is 0.396 e. The molecule has 0 aromatic heterocycles. The molecule has 2 N–H and O–H groups in total. The number of hydrogen-bond donors (Lipinski definition) is 2. The molecule has 1 aliphatic carbocycles. The first kappa shape index (κ1) is 14.3. The van der Waals surface area contributed by atoms with Gasteiger partial charge in [0.15, 0.2) is 0 Å². The third-order valence-corrected chi connectivity index (χ3v) is 4.50. The van der Waals surface area contributed by atoms with Crippen molar-refractivity contribution in [3.63, 3.8) is 0 Å². The van der Waals surface area contributed by atoms with Crippen LogP contribution in [0.3, 0.4) is 0 Å². The van der Waals surface area contributed by atoms with Crippen LogP contribution in [0.15, 0.2) is 0 Å². The molecule has 1 heterocycles. The van der Waals surface area contributed by atoms with E-state index in [0.717, 1.165) is 12.3 Å². The van der Waals surface area contributed by atoms with Crippen molar-refractivity contribution >= 4 is 0 Å². The third-order valence-electron chi connectivity index (χ3n) is 4.50. The molecule has 3 heteroatoms. The Kier molecular flexibility index (Phi) is 5.46. The van der Waals surface area contributed by atoms with Gasteiger partial charge in [0, 0.05) is 25.2 Å². The standard InChI is InChI=1S/C15H30N2O/c1-12(2)15(7-10-18)16-14-5-8-17(9-6-14)11-13-3-4-13/h12-16,18H,3-11H2,1-2H3. The molecular formula is C15H30N2O. The van der Waals surface area contributed by atoms with Gasteiger partial charge in [-0.25, -0.2) is 0 Å². The molecule has 2 fully saturated rings. The predicted molar refractivity (Wildman–Crippen MR) is 75.7 cm³/mol. The lowest BCUT2D eigenvalue weighted by Gasteiger charge is -2.35. The highest BCUT2D eigenvalue weighted by molar-refractivity contribution is 4.84. The van der Waals surface area contributed by atoms with Crippen LogP contribution in [-0.4, -0.2) is 48.3 Å². The quantitative estimate of drug-likeness (QED) is 0.728. The maximum Gasteiger partial charge on any atom is 0.0445 e. The second kappa shape index (κ2) is 6.88. The molecule has 1 saturated heterocycles. The molecule has 1 unspecified atom stereocenters. The molecule has 18 heavy (non-hydrogen) atoms. The number of rotatable bonds is 7.